The maximum Gasteiger partial charge on any atom is 0.274 e. The Morgan fingerprint density at radius 1 is 1.22 bits per heavy atom. The van der Waals surface area contributed by atoms with Gasteiger partial charge < -0.3 is 5.32 Å². The maximum atomic E-state index is 12.4. The molecule has 3 rings (SSSR count). The number of benzene rings is 1. The quantitative estimate of drug-likeness (QED) is 0.549. The minimum absolute atomic E-state index is 0.00620. The first-order valence-electron chi connectivity index (χ1n) is 8.47. The van der Waals surface area contributed by atoms with Crippen molar-refractivity contribution in [2.24, 2.45) is 0 Å². The summed E-state index contributed by atoms with van der Waals surface area (Å²) in [5.41, 5.74) is 3.16. The van der Waals surface area contributed by atoms with Crippen LogP contribution in [0.2, 0.25) is 0 Å². The lowest BCUT2D eigenvalue weighted by atomic mass is 10.1. The van der Waals surface area contributed by atoms with E-state index in [0.29, 0.717) is 29.1 Å². The van der Waals surface area contributed by atoms with E-state index < -0.39 is 4.92 Å². The number of pyridine rings is 1. The molecule has 0 aliphatic carbocycles. The van der Waals surface area contributed by atoms with E-state index in [4.69, 9.17) is 0 Å². The van der Waals surface area contributed by atoms with E-state index in [1.165, 1.54) is 12.3 Å². The third-order valence-electron chi connectivity index (χ3n) is 4.16. The molecule has 0 bridgehead atoms. The fourth-order valence-electron chi connectivity index (χ4n) is 2.82. The summed E-state index contributed by atoms with van der Waals surface area (Å²) in [6.45, 7) is 5.67. The number of aromatic nitrogens is 3. The van der Waals surface area contributed by atoms with E-state index in [1.807, 2.05) is 26.8 Å². The van der Waals surface area contributed by atoms with Gasteiger partial charge in [0.25, 0.3) is 11.6 Å². The van der Waals surface area contributed by atoms with Crippen LogP contribution in [0.4, 0.5) is 11.4 Å². The molecule has 0 aliphatic rings. The van der Waals surface area contributed by atoms with Crippen LogP contribution in [-0.4, -0.2) is 25.6 Å². The summed E-state index contributed by atoms with van der Waals surface area (Å²) >= 11 is 0. The van der Waals surface area contributed by atoms with E-state index in [2.05, 4.69) is 15.4 Å². The number of amides is 1. The first-order valence-corrected chi connectivity index (χ1v) is 8.47. The largest absolute Gasteiger partial charge is 0.322 e. The van der Waals surface area contributed by atoms with E-state index in [0.717, 1.165) is 11.4 Å². The minimum Gasteiger partial charge on any atom is -0.322 e. The van der Waals surface area contributed by atoms with Crippen LogP contribution < -0.4 is 5.32 Å². The Labute approximate surface area is 156 Å². The van der Waals surface area contributed by atoms with E-state index in [-0.39, 0.29) is 11.6 Å². The summed E-state index contributed by atoms with van der Waals surface area (Å²) in [6.07, 6.45) is 2.00. The zero-order chi connectivity index (χ0) is 19.6. The Morgan fingerprint density at radius 3 is 2.56 bits per heavy atom. The second-order valence-electron chi connectivity index (χ2n) is 6.15. The van der Waals surface area contributed by atoms with Crippen molar-refractivity contribution in [3.63, 3.8) is 0 Å². The van der Waals surface area contributed by atoms with Crippen molar-refractivity contribution in [3.05, 3.63) is 75.2 Å². The number of hydrogen-bond acceptors (Lipinski definition) is 5. The normalized spacial score (nSPS) is 10.6. The molecule has 0 saturated carbocycles. The monoisotopic (exact) mass is 365 g/mol. The average Bonchev–Trinajstić information content (AvgIpc) is 2.99. The predicted octanol–water partition coefficient (Wildman–Crippen LogP) is 3.61. The summed E-state index contributed by atoms with van der Waals surface area (Å²) < 4.78 is 1.70. The van der Waals surface area contributed by atoms with Crippen molar-refractivity contribution < 1.29 is 9.72 Å². The molecule has 2 heterocycles. The first kappa shape index (κ1) is 18.2. The molecule has 0 saturated heterocycles. The smallest absolute Gasteiger partial charge is 0.274 e. The molecule has 1 N–H and O–H groups in total. The molecular formula is C19H19N5O3. The number of aryl methyl sites for hydroxylation is 3. The van der Waals surface area contributed by atoms with Crippen LogP contribution in [0.3, 0.4) is 0 Å². The minimum atomic E-state index is -0.445. The van der Waals surface area contributed by atoms with Gasteiger partial charge in [-0.3, -0.25) is 14.9 Å². The van der Waals surface area contributed by atoms with Gasteiger partial charge in [0.2, 0.25) is 0 Å². The highest BCUT2D eigenvalue weighted by molar-refractivity contribution is 6.04. The van der Waals surface area contributed by atoms with Crippen molar-refractivity contribution in [1.82, 2.24) is 14.8 Å². The third kappa shape index (κ3) is 3.84. The second-order valence-corrected chi connectivity index (χ2v) is 6.15. The van der Waals surface area contributed by atoms with Crippen LogP contribution in [0.5, 0.6) is 0 Å². The molecular weight excluding hydrogens is 346 g/mol. The lowest BCUT2D eigenvalue weighted by molar-refractivity contribution is -0.385. The highest BCUT2D eigenvalue weighted by Crippen LogP contribution is 2.24. The molecule has 27 heavy (non-hydrogen) atoms. The number of nitro groups is 1. The number of carbonyl (C=O) groups is 1. The molecule has 1 amide bonds. The number of carbonyl (C=O) groups excluding carboxylic acids is 1. The van der Waals surface area contributed by atoms with Gasteiger partial charge in [0.1, 0.15) is 0 Å². The van der Waals surface area contributed by atoms with Crippen LogP contribution in [0.1, 0.15) is 34.2 Å². The van der Waals surface area contributed by atoms with Crippen LogP contribution in [0.25, 0.3) is 5.82 Å². The SMILES string of the molecule is CCc1ccc(NC(=O)c2ccc(-n3nc(C)cc3C)nc2)cc1[N+](=O)[O-]. The Hall–Kier alpha value is -3.55. The number of nitrogens with one attached hydrogen (secondary N) is 1. The zero-order valence-electron chi connectivity index (χ0n) is 15.3. The highest BCUT2D eigenvalue weighted by Gasteiger charge is 2.15. The summed E-state index contributed by atoms with van der Waals surface area (Å²) in [7, 11) is 0. The Balaban J connectivity index is 1.80. The molecule has 8 nitrogen and oxygen atoms in total. The van der Waals surface area contributed by atoms with Gasteiger partial charge in [-0.05, 0) is 44.5 Å². The number of rotatable bonds is 5. The Morgan fingerprint density at radius 2 is 2.00 bits per heavy atom. The molecule has 3 aromatic rings. The molecule has 0 atom stereocenters. The molecule has 0 unspecified atom stereocenters. The van der Waals surface area contributed by atoms with Crippen LogP contribution >= 0.6 is 0 Å². The van der Waals surface area contributed by atoms with Crippen molar-refractivity contribution in [3.8, 4) is 5.82 Å². The van der Waals surface area contributed by atoms with Gasteiger partial charge in [-0.25, -0.2) is 9.67 Å². The lowest BCUT2D eigenvalue weighted by Gasteiger charge is -2.08. The summed E-state index contributed by atoms with van der Waals surface area (Å²) in [6, 6.07) is 9.96. The maximum absolute atomic E-state index is 12.4. The number of nitro benzene ring substituents is 1. The van der Waals surface area contributed by atoms with E-state index in [9.17, 15) is 14.9 Å². The van der Waals surface area contributed by atoms with Crippen molar-refractivity contribution in [2.45, 2.75) is 27.2 Å². The van der Waals surface area contributed by atoms with Gasteiger partial charge in [0.05, 0.1) is 16.2 Å². The molecule has 2 aromatic heterocycles. The zero-order valence-corrected chi connectivity index (χ0v) is 15.3. The third-order valence-corrected chi connectivity index (χ3v) is 4.16. The molecule has 1 aromatic carbocycles. The molecule has 8 heteroatoms. The van der Waals surface area contributed by atoms with E-state index >= 15 is 0 Å². The standard InChI is InChI=1S/C19H19N5O3/c1-4-14-5-7-16(10-17(14)24(26)27)21-19(25)15-6-8-18(20-11-15)23-13(3)9-12(2)22-23/h5-11H,4H2,1-3H3,(H,21,25). The summed E-state index contributed by atoms with van der Waals surface area (Å²) in [4.78, 5) is 27.4. The molecule has 0 aliphatic heterocycles. The fraction of sp³-hybridized carbons (Fsp3) is 0.211. The topological polar surface area (TPSA) is 103 Å². The Kier molecular flexibility index (Phi) is 4.98. The number of nitrogens with zero attached hydrogens (tertiary/aromatic N) is 4. The van der Waals surface area contributed by atoms with Gasteiger partial charge >= 0.3 is 0 Å². The second kappa shape index (κ2) is 7.36. The van der Waals surface area contributed by atoms with Crippen molar-refractivity contribution >= 4 is 17.3 Å². The predicted molar refractivity (Wildman–Crippen MR) is 101 cm³/mol. The average molecular weight is 365 g/mol. The summed E-state index contributed by atoms with van der Waals surface area (Å²) in [5, 5.41) is 18.2. The molecule has 0 radical (unpaired) electrons. The Bertz CT molecular complexity index is 1010. The lowest BCUT2D eigenvalue weighted by Crippen LogP contribution is -2.13. The highest BCUT2D eigenvalue weighted by atomic mass is 16.6. The molecule has 0 spiro atoms. The molecule has 138 valence electrons. The van der Waals surface area contributed by atoms with E-state index in [1.54, 1.807) is 28.9 Å². The fourth-order valence-corrected chi connectivity index (χ4v) is 2.82. The van der Waals surface area contributed by atoms with Crippen molar-refractivity contribution in [1.29, 1.82) is 0 Å². The van der Waals surface area contributed by atoms with Crippen LogP contribution in [0.15, 0.2) is 42.6 Å². The van der Waals surface area contributed by atoms with Gasteiger partial charge in [0, 0.05) is 29.2 Å². The van der Waals surface area contributed by atoms with Crippen molar-refractivity contribution in [2.75, 3.05) is 5.32 Å². The number of hydrogen-bond donors (Lipinski definition) is 1. The van der Waals surface area contributed by atoms with Crippen LogP contribution in [-0.2, 0) is 6.42 Å². The molecule has 0 fully saturated rings. The van der Waals surface area contributed by atoms with Gasteiger partial charge in [-0.2, -0.15) is 5.10 Å². The van der Waals surface area contributed by atoms with Crippen LogP contribution in [0, 0.1) is 24.0 Å². The number of anilines is 1. The first-order chi connectivity index (χ1) is 12.9. The van der Waals surface area contributed by atoms with Gasteiger partial charge in [0.15, 0.2) is 5.82 Å². The summed E-state index contributed by atoms with van der Waals surface area (Å²) in [5.74, 6) is 0.223. The van der Waals surface area contributed by atoms with Gasteiger partial charge in [-0.15, -0.1) is 0 Å². The van der Waals surface area contributed by atoms with Gasteiger partial charge in [-0.1, -0.05) is 13.0 Å².